The molecular weight excluding hydrogens is 679 g/mol. The lowest BCUT2D eigenvalue weighted by atomic mass is 9.77. The van der Waals surface area contributed by atoms with Gasteiger partial charge in [0.1, 0.15) is 11.3 Å². The Hall–Kier alpha value is -3.84. The molecule has 11 heteroatoms. The monoisotopic (exact) mass is 711 g/mol. The van der Waals surface area contributed by atoms with E-state index in [4.69, 9.17) is 24.2 Å². The largest absolute Gasteiger partial charge is 0.497 e. The first-order valence-electron chi connectivity index (χ1n) is 14.3. The summed E-state index contributed by atoms with van der Waals surface area (Å²) >= 11 is 1.88. The number of hydrogen-bond acceptors (Lipinski definition) is 7. The molecule has 1 saturated heterocycles. The number of benzene rings is 3. The van der Waals surface area contributed by atoms with Gasteiger partial charge in [-0.25, -0.2) is 13.8 Å². The van der Waals surface area contributed by atoms with Crippen LogP contribution in [0.25, 0.3) is 11.2 Å². The second-order valence-corrected chi connectivity index (χ2v) is 11.4. The van der Waals surface area contributed by atoms with E-state index < -0.39 is 29.7 Å². The van der Waals surface area contributed by atoms with Crippen molar-refractivity contribution in [1.82, 2.24) is 19.5 Å². The molecule has 0 unspecified atom stereocenters. The number of methoxy groups -OCH3 is 1. The molecular formula is C33H32F2IN5O3. The SMILES string of the molecule is CCOc1nc(NC(c2ccccc2)(c2ccccc2)c2ccc(OC)cc2)nc2c1ncn2[C@@H]1O[C@](F)(CI)[C@@H](C)[C@H]1F. The van der Waals surface area contributed by atoms with Gasteiger partial charge in [0.2, 0.25) is 17.7 Å². The first-order chi connectivity index (χ1) is 21.3. The minimum Gasteiger partial charge on any atom is -0.497 e. The van der Waals surface area contributed by atoms with Gasteiger partial charge < -0.3 is 19.5 Å². The third-order valence-corrected chi connectivity index (χ3v) is 9.15. The molecule has 0 aliphatic carbocycles. The van der Waals surface area contributed by atoms with Gasteiger partial charge in [0.15, 0.2) is 23.6 Å². The number of rotatable bonds is 10. The molecule has 1 N–H and O–H groups in total. The molecule has 4 atom stereocenters. The van der Waals surface area contributed by atoms with Crippen molar-refractivity contribution in [2.24, 2.45) is 5.92 Å². The van der Waals surface area contributed by atoms with Gasteiger partial charge in [-0.2, -0.15) is 9.97 Å². The van der Waals surface area contributed by atoms with E-state index in [0.29, 0.717) is 17.9 Å². The van der Waals surface area contributed by atoms with Gasteiger partial charge in [-0.1, -0.05) is 102 Å². The van der Waals surface area contributed by atoms with Crippen molar-refractivity contribution >= 4 is 39.7 Å². The summed E-state index contributed by atoms with van der Waals surface area (Å²) in [4.78, 5) is 14.0. The maximum Gasteiger partial charge on any atom is 0.247 e. The lowest BCUT2D eigenvalue weighted by molar-refractivity contribution is -0.150. The van der Waals surface area contributed by atoms with Crippen LogP contribution in [-0.2, 0) is 10.3 Å². The number of ether oxygens (including phenoxy) is 3. The van der Waals surface area contributed by atoms with Crippen molar-refractivity contribution in [1.29, 1.82) is 0 Å². The first kappa shape index (κ1) is 30.2. The minimum atomic E-state index is -2.12. The van der Waals surface area contributed by atoms with E-state index in [-0.39, 0.29) is 21.9 Å². The predicted octanol–water partition coefficient (Wildman–Crippen LogP) is 7.24. The number of imidazole rings is 1. The molecule has 3 heterocycles. The number of nitrogens with one attached hydrogen (secondary N) is 1. The normalized spacial score (nSPS) is 21.8. The number of nitrogens with zero attached hydrogens (tertiary/aromatic N) is 4. The highest BCUT2D eigenvalue weighted by Gasteiger charge is 2.54. The predicted molar refractivity (Wildman–Crippen MR) is 173 cm³/mol. The molecule has 0 saturated carbocycles. The van der Waals surface area contributed by atoms with Crippen LogP contribution in [0.1, 0.15) is 36.8 Å². The van der Waals surface area contributed by atoms with Crippen LogP contribution >= 0.6 is 22.6 Å². The summed E-state index contributed by atoms with van der Waals surface area (Å²) in [6.07, 6.45) is -1.48. The summed E-state index contributed by atoms with van der Waals surface area (Å²) in [5, 5.41) is 3.63. The Morgan fingerprint density at radius 1 is 0.977 bits per heavy atom. The van der Waals surface area contributed by atoms with Crippen LogP contribution in [0.3, 0.4) is 0 Å². The van der Waals surface area contributed by atoms with Crippen molar-refractivity contribution in [3.8, 4) is 11.6 Å². The van der Waals surface area contributed by atoms with Crippen LogP contribution in [0.5, 0.6) is 11.6 Å². The molecule has 3 aromatic carbocycles. The van der Waals surface area contributed by atoms with Crippen LogP contribution in [0.15, 0.2) is 91.3 Å². The maximum atomic E-state index is 15.6. The first-order valence-corrected chi connectivity index (χ1v) is 15.8. The van der Waals surface area contributed by atoms with Crippen LogP contribution in [-0.4, -0.2) is 49.7 Å². The Labute approximate surface area is 267 Å². The second-order valence-electron chi connectivity index (χ2n) is 10.6. The Morgan fingerprint density at radius 2 is 1.59 bits per heavy atom. The molecule has 1 aliphatic rings. The standard InChI is InChI=1S/C33H32F2IN5O3/c1-4-43-29-27-28(41(20-37-27)30-26(34)21(2)32(35,19-36)44-30)38-31(39-29)40-33(22-11-7-5-8-12-22,23-13-9-6-10-14-23)24-15-17-25(42-3)18-16-24/h5-18,20-21,26,30H,4,19H2,1-3H3,(H,38,39,40)/t21-,26+,30+,32+/m0/s1. The van der Waals surface area contributed by atoms with Crippen molar-refractivity contribution < 1.29 is 23.0 Å². The van der Waals surface area contributed by atoms with Gasteiger partial charge in [0, 0.05) is 0 Å². The van der Waals surface area contributed by atoms with Crippen molar-refractivity contribution in [2.75, 3.05) is 23.5 Å². The van der Waals surface area contributed by atoms with Gasteiger partial charge in [-0.15, -0.1) is 0 Å². The third kappa shape index (κ3) is 5.15. The van der Waals surface area contributed by atoms with E-state index in [1.807, 2.05) is 114 Å². The average Bonchev–Trinajstić information content (AvgIpc) is 3.59. The maximum absolute atomic E-state index is 15.6. The number of aromatic nitrogens is 4. The van der Waals surface area contributed by atoms with Gasteiger partial charge in [-0.3, -0.25) is 4.57 Å². The van der Waals surface area contributed by atoms with Crippen molar-refractivity contribution in [3.05, 3.63) is 108 Å². The molecule has 228 valence electrons. The van der Waals surface area contributed by atoms with E-state index in [1.54, 1.807) is 7.11 Å². The molecule has 6 rings (SSSR count). The topological polar surface area (TPSA) is 83.3 Å². The number of alkyl halides is 3. The fraction of sp³-hybridized carbons (Fsp3) is 0.303. The zero-order valence-corrected chi connectivity index (χ0v) is 26.6. The van der Waals surface area contributed by atoms with Gasteiger partial charge >= 0.3 is 0 Å². The lowest BCUT2D eigenvalue weighted by Crippen LogP contribution is -2.38. The van der Waals surface area contributed by atoms with Gasteiger partial charge in [0.05, 0.1) is 30.4 Å². The highest BCUT2D eigenvalue weighted by atomic mass is 127. The van der Waals surface area contributed by atoms with Gasteiger partial charge in [-0.05, 0) is 35.7 Å². The summed E-state index contributed by atoms with van der Waals surface area (Å²) in [5.41, 5.74) is 2.34. The highest BCUT2D eigenvalue weighted by molar-refractivity contribution is 14.1. The quantitative estimate of drug-likeness (QED) is 0.0930. The lowest BCUT2D eigenvalue weighted by Gasteiger charge is -2.37. The Morgan fingerprint density at radius 3 is 2.14 bits per heavy atom. The molecule has 0 spiro atoms. The van der Waals surface area contributed by atoms with Crippen LogP contribution in [0.2, 0.25) is 0 Å². The molecule has 0 bridgehead atoms. The fourth-order valence-electron chi connectivity index (χ4n) is 5.69. The van der Waals surface area contributed by atoms with Crippen LogP contribution in [0.4, 0.5) is 14.7 Å². The van der Waals surface area contributed by atoms with Crippen LogP contribution < -0.4 is 14.8 Å². The van der Waals surface area contributed by atoms with Crippen molar-refractivity contribution in [3.63, 3.8) is 0 Å². The molecule has 2 aromatic heterocycles. The number of halogens is 3. The van der Waals surface area contributed by atoms with E-state index in [2.05, 4.69) is 10.3 Å². The summed E-state index contributed by atoms with van der Waals surface area (Å²) in [5.74, 6) is -1.97. The number of hydrogen-bond donors (Lipinski definition) is 1. The molecule has 0 radical (unpaired) electrons. The molecule has 5 aromatic rings. The third-order valence-electron chi connectivity index (χ3n) is 8.11. The number of fused-ring (bicyclic) bond motifs is 1. The summed E-state index contributed by atoms with van der Waals surface area (Å²) in [6.45, 7) is 3.66. The van der Waals surface area contributed by atoms with Crippen molar-refractivity contribution in [2.45, 2.75) is 37.6 Å². The Balaban J connectivity index is 1.56. The summed E-state index contributed by atoms with van der Waals surface area (Å²) < 4.78 is 49.5. The second kappa shape index (κ2) is 12.3. The smallest absolute Gasteiger partial charge is 0.247 e. The van der Waals surface area contributed by atoms with E-state index in [0.717, 1.165) is 16.7 Å². The molecule has 0 amide bonds. The van der Waals surface area contributed by atoms with E-state index >= 15 is 8.78 Å². The van der Waals surface area contributed by atoms with Crippen LogP contribution in [0, 0.1) is 5.92 Å². The molecule has 8 nitrogen and oxygen atoms in total. The average molecular weight is 712 g/mol. The Bertz CT molecular complexity index is 1690. The van der Waals surface area contributed by atoms with E-state index in [9.17, 15) is 0 Å². The zero-order chi connectivity index (χ0) is 30.9. The van der Waals surface area contributed by atoms with Gasteiger partial charge in [0.25, 0.3) is 0 Å². The minimum absolute atomic E-state index is 0.0139. The Kier molecular flexibility index (Phi) is 8.42. The molecule has 44 heavy (non-hydrogen) atoms. The fourth-order valence-corrected chi connectivity index (χ4v) is 6.57. The molecule has 1 fully saturated rings. The van der Waals surface area contributed by atoms with E-state index in [1.165, 1.54) is 17.8 Å². The number of anilines is 1. The molecule has 1 aliphatic heterocycles. The highest BCUT2D eigenvalue weighted by Crippen LogP contribution is 2.46. The summed E-state index contributed by atoms with van der Waals surface area (Å²) in [7, 11) is 1.63. The zero-order valence-electron chi connectivity index (χ0n) is 24.5. The summed E-state index contributed by atoms with van der Waals surface area (Å²) in [6, 6.07) is 27.7.